The minimum absolute atomic E-state index is 0. The van der Waals surface area contributed by atoms with Crippen molar-refractivity contribution in [1.82, 2.24) is 10.2 Å². The van der Waals surface area contributed by atoms with Crippen LogP contribution in [-0.2, 0) is 0 Å². The van der Waals surface area contributed by atoms with Crippen molar-refractivity contribution in [1.29, 1.82) is 0 Å². The van der Waals surface area contributed by atoms with E-state index in [1.165, 1.54) is 12.1 Å². The van der Waals surface area contributed by atoms with Gasteiger partial charge < -0.3 is 5.32 Å². The lowest BCUT2D eigenvalue weighted by atomic mass is 9.95. The first-order valence-electron chi connectivity index (χ1n) is 6.97. The second-order valence-electron chi connectivity index (χ2n) is 5.60. The molecule has 1 aromatic carbocycles. The lowest BCUT2D eigenvalue weighted by Crippen LogP contribution is -2.45. The highest BCUT2D eigenvalue weighted by Crippen LogP contribution is 2.33. The quantitative estimate of drug-likeness (QED) is 0.905. The van der Waals surface area contributed by atoms with Crippen molar-refractivity contribution >= 4 is 24.0 Å². The van der Waals surface area contributed by atoms with Crippen LogP contribution in [0, 0.1) is 11.7 Å². The van der Waals surface area contributed by atoms with Gasteiger partial charge in [0.25, 0.3) is 0 Å². The largest absolute Gasteiger partial charge is 0.314 e. The van der Waals surface area contributed by atoms with Crippen molar-refractivity contribution in [3.8, 4) is 0 Å². The smallest absolute Gasteiger partial charge is 0.124 e. The Balaban J connectivity index is 0.00000200. The number of nitrogens with one attached hydrogen (secondary N) is 1. The second kappa shape index (κ2) is 8.18. The van der Waals surface area contributed by atoms with Crippen molar-refractivity contribution in [2.24, 2.45) is 5.92 Å². The van der Waals surface area contributed by atoms with Crippen molar-refractivity contribution in [2.45, 2.75) is 26.3 Å². The monoisotopic (exact) mass is 320 g/mol. The van der Waals surface area contributed by atoms with Gasteiger partial charge in [-0.2, -0.15) is 0 Å². The van der Waals surface area contributed by atoms with E-state index < -0.39 is 0 Å². The predicted octanol–water partition coefficient (Wildman–Crippen LogP) is 3.89. The Labute approximate surface area is 132 Å². The highest BCUT2D eigenvalue weighted by Gasteiger charge is 2.24. The van der Waals surface area contributed by atoms with E-state index in [2.05, 4.69) is 24.1 Å². The topological polar surface area (TPSA) is 15.3 Å². The molecule has 0 bridgehead atoms. The van der Waals surface area contributed by atoms with E-state index in [4.69, 9.17) is 11.6 Å². The van der Waals surface area contributed by atoms with Gasteiger partial charge >= 0.3 is 0 Å². The molecule has 0 saturated carbocycles. The lowest BCUT2D eigenvalue weighted by molar-refractivity contribution is 0.154. The minimum atomic E-state index is -0.266. The van der Waals surface area contributed by atoms with Crippen LogP contribution >= 0.6 is 24.0 Å². The Bertz CT molecular complexity index is 420. The standard InChI is InChI=1S/C15H22ClFN2.ClH/c1-11(2)9-15(19-7-5-18-6-8-19)13-4-3-12(17)10-14(13)16;/h3-4,10-11,15,18H,5-9H2,1-2H3;1H/t15-;/m1./s1. The summed E-state index contributed by atoms with van der Waals surface area (Å²) < 4.78 is 13.2. The predicted molar refractivity (Wildman–Crippen MR) is 85.3 cm³/mol. The van der Waals surface area contributed by atoms with Crippen molar-refractivity contribution < 1.29 is 4.39 Å². The molecule has 1 saturated heterocycles. The number of benzene rings is 1. The Hall–Kier alpha value is -0.350. The molecule has 0 aliphatic carbocycles. The third-order valence-electron chi connectivity index (χ3n) is 3.61. The maximum atomic E-state index is 13.2. The second-order valence-corrected chi connectivity index (χ2v) is 6.00. The van der Waals surface area contributed by atoms with Gasteiger partial charge in [-0.1, -0.05) is 31.5 Å². The Morgan fingerprint density at radius 2 is 1.95 bits per heavy atom. The Kier molecular flexibility index (Phi) is 7.24. The van der Waals surface area contributed by atoms with E-state index in [0.29, 0.717) is 10.9 Å². The molecule has 2 rings (SSSR count). The summed E-state index contributed by atoms with van der Waals surface area (Å²) in [5.74, 6) is 0.318. The maximum absolute atomic E-state index is 13.2. The van der Waals surface area contributed by atoms with Gasteiger partial charge in [0.2, 0.25) is 0 Å². The zero-order valence-electron chi connectivity index (χ0n) is 12.0. The Morgan fingerprint density at radius 3 is 2.50 bits per heavy atom. The van der Waals surface area contributed by atoms with E-state index >= 15 is 0 Å². The van der Waals surface area contributed by atoms with Gasteiger partial charge in [-0.3, -0.25) is 4.90 Å². The summed E-state index contributed by atoms with van der Waals surface area (Å²) in [6, 6.07) is 5.06. The van der Waals surface area contributed by atoms with Crippen LogP contribution in [0.4, 0.5) is 4.39 Å². The number of rotatable bonds is 4. The van der Waals surface area contributed by atoms with Gasteiger partial charge in [-0.05, 0) is 30.0 Å². The van der Waals surface area contributed by atoms with Crippen LogP contribution in [0.1, 0.15) is 31.9 Å². The fourth-order valence-corrected chi connectivity index (χ4v) is 2.98. The summed E-state index contributed by atoms with van der Waals surface area (Å²) in [6.07, 6.45) is 1.05. The molecule has 1 heterocycles. The average molecular weight is 321 g/mol. The molecule has 1 N–H and O–H groups in total. The summed E-state index contributed by atoms with van der Waals surface area (Å²) in [6.45, 7) is 8.48. The first-order chi connectivity index (χ1) is 9.08. The number of nitrogens with zero attached hydrogens (tertiary/aromatic N) is 1. The van der Waals surface area contributed by atoms with E-state index in [9.17, 15) is 4.39 Å². The minimum Gasteiger partial charge on any atom is -0.314 e. The zero-order valence-corrected chi connectivity index (χ0v) is 13.6. The van der Waals surface area contributed by atoms with Crippen LogP contribution in [0.15, 0.2) is 18.2 Å². The van der Waals surface area contributed by atoms with Gasteiger partial charge in [-0.25, -0.2) is 4.39 Å². The summed E-state index contributed by atoms with van der Waals surface area (Å²) in [5, 5.41) is 3.91. The highest BCUT2D eigenvalue weighted by atomic mass is 35.5. The fraction of sp³-hybridized carbons (Fsp3) is 0.600. The molecule has 0 radical (unpaired) electrons. The molecule has 0 amide bonds. The molecule has 0 spiro atoms. The van der Waals surface area contributed by atoms with Crippen LogP contribution in [0.5, 0.6) is 0 Å². The normalized spacial score (nSPS) is 17.9. The molecular weight excluding hydrogens is 298 g/mol. The lowest BCUT2D eigenvalue weighted by Gasteiger charge is -2.36. The average Bonchev–Trinajstić information content (AvgIpc) is 2.37. The highest BCUT2D eigenvalue weighted by molar-refractivity contribution is 6.31. The third kappa shape index (κ3) is 4.59. The number of hydrogen-bond donors (Lipinski definition) is 1. The van der Waals surface area contributed by atoms with Gasteiger partial charge in [0, 0.05) is 37.2 Å². The fourth-order valence-electron chi connectivity index (χ4n) is 2.68. The Morgan fingerprint density at radius 1 is 1.30 bits per heavy atom. The van der Waals surface area contributed by atoms with Crippen molar-refractivity contribution in [3.63, 3.8) is 0 Å². The zero-order chi connectivity index (χ0) is 13.8. The van der Waals surface area contributed by atoms with Crippen LogP contribution in [0.3, 0.4) is 0 Å². The van der Waals surface area contributed by atoms with Gasteiger partial charge in [0.1, 0.15) is 5.82 Å². The van der Waals surface area contributed by atoms with E-state index in [0.717, 1.165) is 38.2 Å². The van der Waals surface area contributed by atoms with E-state index in [1.807, 2.05) is 6.07 Å². The number of hydrogen-bond acceptors (Lipinski definition) is 2. The van der Waals surface area contributed by atoms with Crippen molar-refractivity contribution in [2.75, 3.05) is 26.2 Å². The van der Waals surface area contributed by atoms with E-state index in [-0.39, 0.29) is 24.3 Å². The van der Waals surface area contributed by atoms with Crippen LogP contribution in [0.2, 0.25) is 5.02 Å². The SMILES string of the molecule is CC(C)C[C@H](c1ccc(F)cc1Cl)N1CCNCC1.Cl. The molecule has 20 heavy (non-hydrogen) atoms. The van der Waals surface area contributed by atoms with Gasteiger partial charge in [0.15, 0.2) is 0 Å². The molecule has 0 unspecified atom stereocenters. The number of halogens is 3. The molecule has 1 atom stereocenters. The first kappa shape index (κ1) is 17.7. The van der Waals surface area contributed by atoms with Gasteiger partial charge in [-0.15, -0.1) is 12.4 Å². The molecule has 1 aromatic rings. The van der Waals surface area contributed by atoms with E-state index in [1.54, 1.807) is 0 Å². The molecule has 5 heteroatoms. The first-order valence-corrected chi connectivity index (χ1v) is 7.35. The molecule has 2 nitrogen and oxygen atoms in total. The molecule has 1 fully saturated rings. The molecule has 1 aliphatic rings. The van der Waals surface area contributed by atoms with Crippen LogP contribution in [0.25, 0.3) is 0 Å². The summed E-state index contributed by atoms with van der Waals surface area (Å²) >= 11 is 6.24. The summed E-state index contributed by atoms with van der Waals surface area (Å²) in [5.41, 5.74) is 1.05. The molecule has 114 valence electrons. The maximum Gasteiger partial charge on any atom is 0.124 e. The van der Waals surface area contributed by atoms with Crippen LogP contribution < -0.4 is 5.32 Å². The summed E-state index contributed by atoms with van der Waals surface area (Å²) in [7, 11) is 0. The number of piperazine rings is 1. The molecule has 0 aromatic heterocycles. The third-order valence-corrected chi connectivity index (χ3v) is 3.94. The molecular formula is C15H23Cl2FN2. The van der Waals surface area contributed by atoms with Crippen molar-refractivity contribution in [3.05, 3.63) is 34.6 Å². The van der Waals surface area contributed by atoms with Gasteiger partial charge in [0.05, 0.1) is 0 Å². The summed E-state index contributed by atoms with van der Waals surface area (Å²) in [4.78, 5) is 2.45. The van der Waals surface area contributed by atoms with Crippen LogP contribution in [-0.4, -0.2) is 31.1 Å². The molecule has 1 aliphatic heterocycles.